The minimum absolute atomic E-state index is 0.271. The summed E-state index contributed by atoms with van der Waals surface area (Å²) in [6.45, 7) is 11.0. The molecule has 5 heteroatoms. The Kier molecular flexibility index (Phi) is 4.83. The average Bonchev–Trinajstić information content (AvgIpc) is 2.95. The molecule has 2 saturated heterocycles. The predicted molar refractivity (Wildman–Crippen MR) is 86.9 cm³/mol. The van der Waals surface area contributed by atoms with E-state index in [2.05, 4.69) is 46.9 Å². The first-order chi connectivity index (χ1) is 10.5. The maximum Gasteiger partial charge on any atom is 0.0832 e. The van der Waals surface area contributed by atoms with E-state index in [4.69, 9.17) is 4.74 Å². The lowest BCUT2D eigenvalue weighted by molar-refractivity contribution is 0.0211. The van der Waals surface area contributed by atoms with Crippen LogP contribution in [0, 0.1) is 5.41 Å². The summed E-state index contributed by atoms with van der Waals surface area (Å²) >= 11 is 0. The number of hydrogen-bond donors (Lipinski definition) is 0. The first kappa shape index (κ1) is 15.9. The van der Waals surface area contributed by atoms with Crippen LogP contribution in [0.5, 0.6) is 0 Å². The molecule has 5 nitrogen and oxygen atoms in total. The van der Waals surface area contributed by atoms with Gasteiger partial charge >= 0.3 is 0 Å². The first-order valence-electron chi connectivity index (χ1n) is 8.74. The minimum atomic E-state index is 0.271. The minimum Gasteiger partial charge on any atom is -0.381 e. The van der Waals surface area contributed by atoms with E-state index in [-0.39, 0.29) is 5.41 Å². The molecule has 124 valence electrons. The van der Waals surface area contributed by atoms with E-state index in [0.29, 0.717) is 6.04 Å². The van der Waals surface area contributed by atoms with Crippen LogP contribution in [0.25, 0.3) is 0 Å². The molecule has 0 atom stereocenters. The second-order valence-corrected chi connectivity index (χ2v) is 8.04. The van der Waals surface area contributed by atoms with Crippen molar-refractivity contribution in [2.75, 3.05) is 26.3 Å². The van der Waals surface area contributed by atoms with Crippen LogP contribution in [0.4, 0.5) is 0 Å². The molecule has 0 amide bonds. The van der Waals surface area contributed by atoms with Gasteiger partial charge in [-0.2, -0.15) is 0 Å². The lowest BCUT2D eigenvalue weighted by Crippen LogP contribution is -2.44. The third kappa shape index (κ3) is 4.07. The van der Waals surface area contributed by atoms with Gasteiger partial charge in [0.15, 0.2) is 0 Å². The quantitative estimate of drug-likeness (QED) is 0.861. The molecule has 3 heterocycles. The number of hydrogen-bond acceptors (Lipinski definition) is 4. The Bertz CT molecular complexity index is 465. The molecule has 2 aliphatic heterocycles. The van der Waals surface area contributed by atoms with Crippen LogP contribution < -0.4 is 0 Å². The van der Waals surface area contributed by atoms with Crippen molar-refractivity contribution in [2.24, 2.45) is 5.41 Å². The van der Waals surface area contributed by atoms with E-state index in [1.54, 1.807) is 0 Å². The van der Waals surface area contributed by atoms with Crippen molar-refractivity contribution in [1.29, 1.82) is 0 Å². The maximum absolute atomic E-state index is 5.47. The van der Waals surface area contributed by atoms with Crippen molar-refractivity contribution in [3.8, 4) is 0 Å². The molecule has 1 aromatic heterocycles. The molecular formula is C17H30N4O. The SMILES string of the molecule is CC(C)(C)Cc1cn(C2CCN(C3CCOCC3)CC2)nn1. The Morgan fingerprint density at radius 1 is 1.09 bits per heavy atom. The van der Waals surface area contributed by atoms with Gasteiger partial charge in [-0.05, 0) is 37.5 Å². The highest BCUT2D eigenvalue weighted by Crippen LogP contribution is 2.26. The molecule has 3 rings (SSSR count). The lowest BCUT2D eigenvalue weighted by atomic mass is 9.91. The summed E-state index contributed by atoms with van der Waals surface area (Å²) < 4.78 is 7.59. The van der Waals surface area contributed by atoms with Crippen molar-refractivity contribution in [3.63, 3.8) is 0 Å². The predicted octanol–water partition coefficient (Wildman–Crippen LogP) is 2.68. The molecule has 0 aromatic carbocycles. The number of aromatic nitrogens is 3. The van der Waals surface area contributed by atoms with Gasteiger partial charge in [0.05, 0.1) is 11.7 Å². The van der Waals surface area contributed by atoms with Crippen molar-refractivity contribution < 1.29 is 4.74 Å². The van der Waals surface area contributed by atoms with E-state index in [1.807, 2.05) is 0 Å². The second-order valence-electron chi connectivity index (χ2n) is 8.04. The number of rotatable bonds is 3. The van der Waals surface area contributed by atoms with Crippen LogP contribution in [0.1, 0.15) is 58.2 Å². The van der Waals surface area contributed by atoms with E-state index >= 15 is 0 Å². The highest BCUT2D eigenvalue weighted by Gasteiger charge is 2.27. The lowest BCUT2D eigenvalue weighted by Gasteiger charge is -2.39. The summed E-state index contributed by atoms with van der Waals surface area (Å²) in [5.41, 5.74) is 1.40. The molecule has 0 N–H and O–H groups in total. The number of piperidine rings is 1. The summed E-state index contributed by atoms with van der Waals surface area (Å²) in [4.78, 5) is 2.66. The zero-order valence-electron chi connectivity index (χ0n) is 14.3. The molecule has 2 aliphatic rings. The molecule has 22 heavy (non-hydrogen) atoms. The van der Waals surface area contributed by atoms with Crippen molar-refractivity contribution >= 4 is 0 Å². The molecule has 1 aromatic rings. The number of ether oxygens (including phenoxy) is 1. The summed E-state index contributed by atoms with van der Waals surface area (Å²) in [5, 5.41) is 8.76. The number of nitrogens with zero attached hydrogens (tertiary/aromatic N) is 4. The Labute approximate surface area is 134 Å². The summed E-state index contributed by atoms with van der Waals surface area (Å²) in [6, 6.07) is 1.26. The van der Waals surface area contributed by atoms with Gasteiger partial charge in [0, 0.05) is 38.5 Å². The van der Waals surface area contributed by atoms with E-state index < -0.39 is 0 Å². The Morgan fingerprint density at radius 3 is 2.41 bits per heavy atom. The van der Waals surface area contributed by atoms with Crippen LogP contribution in [0.2, 0.25) is 0 Å². The number of likely N-dealkylation sites (tertiary alicyclic amines) is 1. The van der Waals surface area contributed by atoms with Crippen LogP contribution in [0.3, 0.4) is 0 Å². The largest absolute Gasteiger partial charge is 0.381 e. The molecule has 0 bridgehead atoms. The van der Waals surface area contributed by atoms with Gasteiger partial charge in [-0.3, -0.25) is 0 Å². The van der Waals surface area contributed by atoms with Gasteiger partial charge in [0.25, 0.3) is 0 Å². The summed E-state index contributed by atoms with van der Waals surface area (Å²) in [7, 11) is 0. The Morgan fingerprint density at radius 2 is 1.77 bits per heavy atom. The smallest absolute Gasteiger partial charge is 0.0832 e. The van der Waals surface area contributed by atoms with E-state index in [0.717, 1.165) is 31.4 Å². The molecule has 0 spiro atoms. The zero-order chi connectivity index (χ0) is 15.6. The maximum atomic E-state index is 5.47. The Hall–Kier alpha value is -0.940. The van der Waals surface area contributed by atoms with Gasteiger partial charge in [-0.25, -0.2) is 4.68 Å². The standard InChI is InChI=1S/C17H30N4O/c1-17(2,3)12-14-13-21(19-18-14)16-4-8-20(9-5-16)15-6-10-22-11-7-15/h13,15-16H,4-12H2,1-3H3. The fourth-order valence-corrected chi connectivity index (χ4v) is 3.68. The van der Waals surface area contributed by atoms with E-state index in [9.17, 15) is 0 Å². The zero-order valence-corrected chi connectivity index (χ0v) is 14.3. The molecule has 0 unspecified atom stereocenters. The van der Waals surface area contributed by atoms with Crippen molar-refractivity contribution in [2.45, 2.75) is 65.0 Å². The highest BCUT2D eigenvalue weighted by atomic mass is 16.5. The molecule has 0 aliphatic carbocycles. The van der Waals surface area contributed by atoms with Gasteiger partial charge in [0.2, 0.25) is 0 Å². The van der Waals surface area contributed by atoms with Gasteiger partial charge in [0.1, 0.15) is 0 Å². The molecule has 0 saturated carbocycles. The molecular weight excluding hydrogens is 276 g/mol. The van der Waals surface area contributed by atoms with Crippen LogP contribution in [-0.2, 0) is 11.2 Å². The average molecular weight is 306 g/mol. The van der Waals surface area contributed by atoms with Crippen LogP contribution in [0.15, 0.2) is 6.20 Å². The summed E-state index contributed by atoms with van der Waals surface area (Å²) in [5.74, 6) is 0. The third-order valence-corrected chi connectivity index (χ3v) is 4.85. The van der Waals surface area contributed by atoms with Crippen LogP contribution in [-0.4, -0.2) is 52.2 Å². The van der Waals surface area contributed by atoms with Gasteiger partial charge in [-0.15, -0.1) is 5.10 Å². The third-order valence-electron chi connectivity index (χ3n) is 4.85. The highest BCUT2D eigenvalue weighted by molar-refractivity contribution is 4.97. The van der Waals surface area contributed by atoms with Gasteiger partial charge < -0.3 is 9.64 Å². The van der Waals surface area contributed by atoms with Gasteiger partial charge in [-0.1, -0.05) is 26.0 Å². The molecule has 2 fully saturated rings. The first-order valence-corrected chi connectivity index (χ1v) is 8.74. The van der Waals surface area contributed by atoms with E-state index in [1.165, 1.54) is 38.8 Å². The summed E-state index contributed by atoms with van der Waals surface area (Å²) in [6.07, 6.45) is 7.94. The van der Waals surface area contributed by atoms with Crippen molar-refractivity contribution in [3.05, 3.63) is 11.9 Å². The monoisotopic (exact) mass is 306 g/mol. The normalized spacial score (nSPS) is 23.0. The Balaban J connectivity index is 1.52. The molecule has 0 radical (unpaired) electrons. The fraction of sp³-hybridized carbons (Fsp3) is 0.882. The van der Waals surface area contributed by atoms with Crippen LogP contribution >= 0.6 is 0 Å². The topological polar surface area (TPSA) is 43.2 Å². The van der Waals surface area contributed by atoms with Crippen molar-refractivity contribution in [1.82, 2.24) is 19.9 Å². The fourth-order valence-electron chi connectivity index (χ4n) is 3.68. The second kappa shape index (κ2) is 6.67.